The lowest BCUT2D eigenvalue weighted by Gasteiger charge is -2.21. The predicted molar refractivity (Wildman–Crippen MR) is 78.5 cm³/mol. The summed E-state index contributed by atoms with van der Waals surface area (Å²) in [5.41, 5.74) is 0.352. The van der Waals surface area contributed by atoms with Crippen molar-refractivity contribution < 1.29 is 27.4 Å². The van der Waals surface area contributed by atoms with Gasteiger partial charge in [0.25, 0.3) is 5.91 Å². The molecule has 1 fully saturated rings. The lowest BCUT2D eigenvalue weighted by atomic mass is 10.1. The smallest absolute Gasteiger partial charge is 0.251 e. The minimum atomic E-state index is -3.03. The maximum atomic E-state index is 12.3. The molecule has 2 aliphatic heterocycles. The largest absolute Gasteiger partial charge is 0.493 e. The Hall–Kier alpha value is -1.96. The molecule has 22 heavy (non-hydrogen) atoms. The molecule has 1 atom stereocenters. The number of ether oxygens (including phenoxy) is 3. The average molecular weight is 327 g/mol. The highest BCUT2D eigenvalue weighted by Gasteiger charge is 2.30. The fourth-order valence-corrected chi connectivity index (χ4v) is 4.26. The molecule has 1 N–H and O–H groups in total. The molecule has 3 rings (SSSR count). The van der Waals surface area contributed by atoms with E-state index in [2.05, 4.69) is 5.32 Å². The zero-order valence-electron chi connectivity index (χ0n) is 12.1. The SMILES string of the molecule is COc1cc(C(=O)N[C@H]2CCS(=O)(=O)C2)cc2c1OCCO2. The molecule has 0 saturated carbocycles. The molecule has 0 spiro atoms. The van der Waals surface area contributed by atoms with Crippen LogP contribution in [0.2, 0.25) is 0 Å². The van der Waals surface area contributed by atoms with Crippen molar-refractivity contribution in [2.75, 3.05) is 31.8 Å². The second-order valence-electron chi connectivity index (χ2n) is 5.28. The van der Waals surface area contributed by atoms with E-state index >= 15 is 0 Å². The van der Waals surface area contributed by atoms with E-state index < -0.39 is 9.84 Å². The number of rotatable bonds is 3. The molecule has 0 aliphatic carbocycles. The standard InChI is InChI=1S/C14H17NO6S/c1-19-11-6-9(7-12-13(11)21-4-3-20-12)14(16)15-10-2-5-22(17,18)8-10/h6-7,10H,2-5,8H2,1H3,(H,15,16)/t10-/m0/s1. The molecule has 0 bridgehead atoms. The Morgan fingerprint density at radius 3 is 2.77 bits per heavy atom. The van der Waals surface area contributed by atoms with Gasteiger partial charge in [-0.1, -0.05) is 0 Å². The van der Waals surface area contributed by atoms with Gasteiger partial charge in [0, 0.05) is 11.6 Å². The van der Waals surface area contributed by atoms with Crippen molar-refractivity contribution in [3.8, 4) is 17.2 Å². The fourth-order valence-electron chi connectivity index (χ4n) is 2.58. The van der Waals surface area contributed by atoms with Crippen LogP contribution >= 0.6 is 0 Å². The summed E-state index contributed by atoms with van der Waals surface area (Å²) >= 11 is 0. The van der Waals surface area contributed by atoms with Crippen LogP contribution in [0.5, 0.6) is 17.2 Å². The van der Waals surface area contributed by atoms with Crippen molar-refractivity contribution >= 4 is 15.7 Å². The number of hydrogen-bond acceptors (Lipinski definition) is 6. The zero-order chi connectivity index (χ0) is 15.7. The third-order valence-corrected chi connectivity index (χ3v) is 5.43. The molecule has 1 saturated heterocycles. The fraction of sp³-hybridized carbons (Fsp3) is 0.500. The first kappa shape index (κ1) is 15.0. The lowest BCUT2D eigenvalue weighted by Crippen LogP contribution is -2.35. The second kappa shape index (κ2) is 5.68. The van der Waals surface area contributed by atoms with E-state index in [1.165, 1.54) is 7.11 Å². The van der Waals surface area contributed by atoms with Crippen LogP contribution < -0.4 is 19.5 Å². The van der Waals surface area contributed by atoms with Gasteiger partial charge in [-0.15, -0.1) is 0 Å². The van der Waals surface area contributed by atoms with Crippen LogP contribution in [-0.2, 0) is 9.84 Å². The van der Waals surface area contributed by atoms with Crippen molar-refractivity contribution in [1.82, 2.24) is 5.32 Å². The van der Waals surface area contributed by atoms with E-state index in [1.807, 2.05) is 0 Å². The number of benzene rings is 1. The molecule has 1 aromatic rings. The molecule has 0 unspecified atom stereocenters. The minimum absolute atomic E-state index is 0.0135. The van der Waals surface area contributed by atoms with Gasteiger partial charge in [-0.25, -0.2) is 8.42 Å². The van der Waals surface area contributed by atoms with E-state index in [-0.39, 0.29) is 23.5 Å². The number of carbonyl (C=O) groups excluding carboxylic acids is 1. The first-order valence-electron chi connectivity index (χ1n) is 6.97. The summed E-state index contributed by atoms with van der Waals surface area (Å²) in [7, 11) is -1.55. The molecule has 2 aliphatic rings. The summed E-state index contributed by atoms with van der Waals surface area (Å²) < 4.78 is 39.1. The van der Waals surface area contributed by atoms with Gasteiger partial charge >= 0.3 is 0 Å². The quantitative estimate of drug-likeness (QED) is 0.863. The normalized spacial score (nSPS) is 22.1. The van der Waals surface area contributed by atoms with E-state index in [0.29, 0.717) is 42.4 Å². The number of methoxy groups -OCH3 is 1. The summed E-state index contributed by atoms with van der Waals surface area (Å²) in [5, 5.41) is 2.74. The van der Waals surface area contributed by atoms with Crippen LogP contribution in [0.3, 0.4) is 0 Å². The summed E-state index contributed by atoms with van der Waals surface area (Å²) in [6.07, 6.45) is 0.440. The van der Waals surface area contributed by atoms with Crippen LogP contribution in [0.4, 0.5) is 0 Å². The molecule has 120 valence electrons. The Balaban J connectivity index is 1.81. The van der Waals surface area contributed by atoms with Gasteiger partial charge in [-0.05, 0) is 18.6 Å². The molecule has 0 aromatic heterocycles. The number of sulfone groups is 1. The molecular formula is C14H17NO6S. The lowest BCUT2D eigenvalue weighted by molar-refractivity contribution is 0.0939. The predicted octanol–water partition coefficient (Wildman–Crippen LogP) is 0.383. The molecule has 8 heteroatoms. The van der Waals surface area contributed by atoms with Crippen molar-refractivity contribution in [3.05, 3.63) is 17.7 Å². The van der Waals surface area contributed by atoms with Gasteiger partial charge in [-0.3, -0.25) is 4.79 Å². The molecule has 1 amide bonds. The maximum Gasteiger partial charge on any atom is 0.251 e. The Labute approximate surface area is 128 Å². The van der Waals surface area contributed by atoms with Crippen LogP contribution in [0.1, 0.15) is 16.8 Å². The van der Waals surface area contributed by atoms with E-state index in [4.69, 9.17) is 14.2 Å². The molecule has 1 aromatic carbocycles. The van der Waals surface area contributed by atoms with Gasteiger partial charge in [0.1, 0.15) is 13.2 Å². The molecular weight excluding hydrogens is 310 g/mol. The Bertz CT molecular complexity index is 682. The van der Waals surface area contributed by atoms with Crippen LogP contribution in [-0.4, -0.2) is 52.2 Å². The van der Waals surface area contributed by atoms with E-state index in [1.54, 1.807) is 12.1 Å². The van der Waals surface area contributed by atoms with Crippen LogP contribution in [0, 0.1) is 0 Å². The summed E-state index contributed by atoms with van der Waals surface area (Å²) in [4.78, 5) is 12.3. The maximum absolute atomic E-state index is 12.3. The summed E-state index contributed by atoms with van der Waals surface area (Å²) in [6, 6.07) is 2.79. The molecule has 2 heterocycles. The molecule has 7 nitrogen and oxygen atoms in total. The highest BCUT2D eigenvalue weighted by Crippen LogP contribution is 2.40. The molecule has 0 radical (unpaired) electrons. The highest BCUT2D eigenvalue weighted by atomic mass is 32.2. The number of fused-ring (bicyclic) bond motifs is 1. The Kier molecular flexibility index (Phi) is 3.86. The van der Waals surface area contributed by atoms with Crippen LogP contribution in [0.15, 0.2) is 12.1 Å². The average Bonchev–Trinajstić information content (AvgIpc) is 2.84. The monoisotopic (exact) mass is 327 g/mol. The number of carbonyl (C=O) groups is 1. The van der Waals surface area contributed by atoms with Crippen LogP contribution in [0.25, 0.3) is 0 Å². The Morgan fingerprint density at radius 2 is 2.09 bits per heavy atom. The zero-order valence-corrected chi connectivity index (χ0v) is 12.9. The summed E-state index contributed by atoms with van der Waals surface area (Å²) in [6.45, 7) is 0.830. The topological polar surface area (TPSA) is 90.9 Å². The van der Waals surface area contributed by atoms with E-state index in [9.17, 15) is 13.2 Å². The van der Waals surface area contributed by atoms with Crippen molar-refractivity contribution in [3.63, 3.8) is 0 Å². The van der Waals surface area contributed by atoms with Gasteiger partial charge in [-0.2, -0.15) is 0 Å². The van der Waals surface area contributed by atoms with E-state index in [0.717, 1.165) is 0 Å². The van der Waals surface area contributed by atoms with Gasteiger partial charge < -0.3 is 19.5 Å². The third kappa shape index (κ3) is 2.96. The Morgan fingerprint density at radius 1 is 1.32 bits per heavy atom. The number of amides is 1. The van der Waals surface area contributed by atoms with Gasteiger partial charge in [0.05, 0.1) is 18.6 Å². The van der Waals surface area contributed by atoms with Gasteiger partial charge in [0.2, 0.25) is 5.75 Å². The van der Waals surface area contributed by atoms with Crippen molar-refractivity contribution in [2.24, 2.45) is 0 Å². The number of hydrogen-bond donors (Lipinski definition) is 1. The third-order valence-electron chi connectivity index (χ3n) is 3.66. The van der Waals surface area contributed by atoms with Crippen molar-refractivity contribution in [2.45, 2.75) is 12.5 Å². The summed E-state index contributed by atoms with van der Waals surface area (Å²) in [5.74, 6) is 1.10. The first-order valence-corrected chi connectivity index (χ1v) is 8.79. The second-order valence-corrected chi connectivity index (χ2v) is 7.50. The van der Waals surface area contributed by atoms with Crippen molar-refractivity contribution in [1.29, 1.82) is 0 Å². The van der Waals surface area contributed by atoms with Gasteiger partial charge in [0.15, 0.2) is 21.3 Å². The number of nitrogens with one attached hydrogen (secondary N) is 1. The first-order chi connectivity index (χ1) is 10.5. The highest BCUT2D eigenvalue weighted by molar-refractivity contribution is 7.91. The minimum Gasteiger partial charge on any atom is -0.493 e.